The van der Waals surface area contributed by atoms with Crippen LogP contribution in [0.3, 0.4) is 0 Å². The van der Waals surface area contributed by atoms with Crippen LogP contribution in [0.4, 0.5) is 17.5 Å². The number of hydrogen-bond donors (Lipinski definition) is 1. The molecule has 2 aromatic heterocycles. The van der Waals surface area contributed by atoms with Crippen molar-refractivity contribution in [2.75, 3.05) is 47.9 Å². The fourth-order valence-electron chi connectivity index (χ4n) is 4.65. The van der Waals surface area contributed by atoms with Gasteiger partial charge in [0.1, 0.15) is 11.6 Å². The Morgan fingerprint density at radius 2 is 1.73 bits per heavy atom. The highest BCUT2D eigenvalue weighted by Gasteiger charge is 2.20. The van der Waals surface area contributed by atoms with Crippen LogP contribution >= 0.6 is 0 Å². The maximum atomic E-state index is 12.6. The van der Waals surface area contributed by atoms with E-state index in [0.29, 0.717) is 12.5 Å². The Morgan fingerprint density at radius 1 is 1.00 bits per heavy atom. The largest absolute Gasteiger partial charge is 0.494 e. The topological polar surface area (TPSA) is 83.5 Å². The number of aryl methyl sites for hydroxylation is 1. The summed E-state index contributed by atoms with van der Waals surface area (Å²) in [4.78, 5) is 30.8. The van der Waals surface area contributed by atoms with Crippen molar-refractivity contribution in [3.8, 4) is 5.75 Å². The smallest absolute Gasteiger partial charge is 0.248 e. The van der Waals surface area contributed by atoms with E-state index in [1.807, 2.05) is 48.5 Å². The number of nitrogens with one attached hydrogen (secondary N) is 1. The Hall–Kier alpha value is -4.46. The second-order valence-electron chi connectivity index (χ2n) is 10.5. The summed E-state index contributed by atoms with van der Waals surface area (Å²) in [5.74, 6) is 3.02. The van der Waals surface area contributed by atoms with E-state index in [-0.39, 0.29) is 5.91 Å². The number of benzene rings is 2. The van der Waals surface area contributed by atoms with E-state index in [2.05, 4.69) is 51.9 Å². The number of carbonyl (C=O) groups excluding carboxylic acids is 1. The first-order valence-corrected chi connectivity index (χ1v) is 13.8. The van der Waals surface area contributed by atoms with Crippen molar-refractivity contribution < 1.29 is 9.53 Å². The number of hydrogen-bond acceptors (Lipinski definition) is 7. The summed E-state index contributed by atoms with van der Waals surface area (Å²) >= 11 is 0. The standard InChI is InChI=1S/C32H36N6O2/c1-23(2)13-20-40-27-9-5-25(6-10-27)7-12-31(39)35-26-8-11-29-28(22-26)24(3)21-30(36-29)37-16-18-38(19-17-37)32-33-14-4-15-34-32/h4-12,14-15,21-23H,13,16-20H2,1-3H3,(H,35,39)/b12-7+. The van der Waals surface area contributed by atoms with Gasteiger partial charge < -0.3 is 19.9 Å². The molecule has 0 saturated carbocycles. The summed E-state index contributed by atoms with van der Waals surface area (Å²) in [6.45, 7) is 10.5. The molecule has 1 fully saturated rings. The molecule has 1 aliphatic heterocycles. The molecule has 2 aromatic carbocycles. The van der Waals surface area contributed by atoms with Crippen molar-refractivity contribution in [3.63, 3.8) is 0 Å². The molecule has 0 radical (unpaired) electrons. The van der Waals surface area contributed by atoms with Crippen molar-refractivity contribution >= 4 is 40.3 Å². The summed E-state index contributed by atoms with van der Waals surface area (Å²) < 4.78 is 5.77. The van der Waals surface area contributed by atoms with E-state index in [0.717, 1.165) is 77.8 Å². The fraction of sp³-hybridized carbons (Fsp3) is 0.312. The van der Waals surface area contributed by atoms with Crippen LogP contribution in [-0.2, 0) is 4.79 Å². The number of rotatable bonds is 9. The molecule has 0 aliphatic carbocycles. The average molecular weight is 537 g/mol. The summed E-state index contributed by atoms with van der Waals surface area (Å²) in [7, 11) is 0. The first-order chi connectivity index (χ1) is 19.4. The van der Waals surface area contributed by atoms with Gasteiger partial charge in [0.15, 0.2) is 0 Å². The lowest BCUT2D eigenvalue weighted by Crippen LogP contribution is -2.47. The van der Waals surface area contributed by atoms with Crippen LogP contribution in [0.15, 0.2) is 73.1 Å². The second-order valence-corrected chi connectivity index (χ2v) is 10.5. The first-order valence-electron chi connectivity index (χ1n) is 13.8. The van der Waals surface area contributed by atoms with Crippen LogP contribution in [-0.4, -0.2) is 53.6 Å². The van der Waals surface area contributed by atoms with Gasteiger partial charge >= 0.3 is 0 Å². The minimum absolute atomic E-state index is 0.181. The molecule has 1 saturated heterocycles. The number of carbonyl (C=O) groups is 1. The summed E-state index contributed by atoms with van der Waals surface area (Å²) in [5.41, 5.74) is 3.71. The van der Waals surface area contributed by atoms with Crippen LogP contribution < -0.4 is 19.9 Å². The number of anilines is 3. The fourth-order valence-corrected chi connectivity index (χ4v) is 4.65. The Labute approximate surface area is 235 Å². The van der Waals surface area contributed by atoms with Gasteiger partial charge in [0.05, 0.1) is 12.1 Å². The Balaban J connectivity index is 1.18. The Bertz CT molecular complexity index is 1460. The first kappa shape index (κ1) is 27.1. The maximum absolute atomic E-state index is 12.6. The molecule has 5 rings (SSSR count). The molecular weight excluding hydrogens is 500 g/mol. The average Bonchev–Trinajstić information content (AvgIpc) is 2.97. The number of aromatic nitrogens is 3. The third-order valence-electron chi connectivity index (χ3n) is 6.98. The SMILES string of the molecule is Cc1cc(N2CCN(c3ncccn3)CC2)nc2ccc(NC(=O)/C=C/c3ccc(OCCC(C)C)cc3)cc12. The summed E-state index contributed by atoms with van der Waals surface area (Å²) in [6, 6.07) is 17.6. The highest BCUT2D eigenvalue weighted by atomic mass is 16.5. The monoisotopic (exact) mass is 536 g/mol. The van der Waals surface area contributed by atoms with E-state index in [1.165, 1.54) is 0 Å². The Kier molecular flexibility index (Phi) is 8.54. The van der Waals surface area contributed by atoms with Gasteiger partial charge in [-0.1, -0.05) is 26.0 Å². The highest BCUT2D eigenvalue weighted by Crippen LogP contribution is 2.26. The van der Waals surface area contributed by atoms with Crippen molar-refractivity contribution in [1.29, 1.82) is 0 Å². The van der Waals surface area contributed by atoms with Crippen molar-refractivity contribution in [3.05, 3.63) is 84.2 Å². The van der Waals surface area contributed by atoms with Crippen LogP contribution in [0.25, 0.3) is 17.0 Å². The second kappa shape index (κ2) is 12.6. The molecule has 8 heteroatoms. The van der Waals surface area contributed by atoms with E-state index in [1.54, 1.807) is 24.5 Å². The zero-order valence-corrected chi connectivity index (χ0v) is 23.4. The normalized spacial score (nSPS) is 13.8. The lowest BCUT2D eigenvalue weighted by molar-refractivity contribution is -0.111. The molecule has 1 amide bonds. The molecule has 1 aliphatic rings. The quantitative estimate of drug-likeness (QED) is 0.273. The molecule has 3 heterocycles. The van der Waals surface area contributed by atoms with Crippen LogP contribution in [0.2, 0.25) is 0 Å². The number of amides is 1. The molecule has 0 unspecified atom stereocenters. The predicted molar refractivity (Wildman–Crippen MR) is 162 cm³/mol. The van der Waals surface area contributed by atoms with Crippen LogP contribution in [0.5, 0.6) is 5.75 Å². The zero-order chi connectivity index (χ0) is 27.9. The summed E-state index contributed by atoms with van der Waals surface area (Å²) in [5, 5.41) is 4.00. The minimum atomic E-state index is -0.181. The number of nitrogens with zero attached hydrogens (tertiary/aromatic N) is 5. The highest BCUT2D eigenvalue weighted by molar-refractivity contribution is 6.03. The molecule has 4 aromatic rings. The molecule has 0 bridgehead atoms. The Morgan fingerprint density at radius 3 is 2.45 bits per heavy atom. The molecule has 0 atom stereocenters. The predicted octanol–water partition coefficient (Wildman–Crippen LogP) is 5.74. The van der Waals surface area contributed by atoms with Gasteiger partial charge in [-0.05, 0) is 78.9 Å². The molecule has 40 heavy (non-hydrogen) atoms. The molecule has 0 spiro atoms. The molecular formula is C32H36N6O2. The molecule has 206 valence electrons. The van der Waals surface area contributed by atoms with E-state index >= 15 is 0 Å². The van der Waals surface area contributed by atoms with Crippen LogP contribution in [0.1, 0.15) is 31.4 Å². The van der Waals surface area contributed by atoms with Gasteiger partial charge in [0.2, 0.25) is 11.9 Å². The number of pyridine rings is 1. The van der Waals surface area contributed by atoms with Crippen molar-refractivity contribution in [2.24, 2.45) is 5.92 Å². The van der Waals surface area contributed by atoms with E-state index < -0.39 is 0 Å². The third kappa shape index (κ3) is 6.94. The van der Waals surface area contributed by atoms with Gasteiger partial charge in [-0.15, -0.1) is 0 Å². The number of ether oxygens (including phenoxy) is 1. The third-order valence-corrected chi connectivity index (χ3v) is 6.98. The molecule has 1 N–H and O–H groups in total. The lowest BCUT2D eigenvalue weighted by Gasteiger charge is -2.35. The molecule has 8 nitrogen and oxygen atoms in total. The lowest BCUT2D eigenvalue weighted by atomic mass is 10.1. The van der Waals surface area contributed by atoms with Gasteiger partial charge in [-0.3, -0.25) is 4.79 Å². The summed E-state index contributed by atoms with van der Waals surface area (Å²) in [6.07, 6.45) is 7.93. The number of piperazine rings is 1. The van der Waals surface area contributed by atoms with E-state index in [9.17, 15) is 4.79 Å². The van der Waals surface area contributed by atoms with Gasteiger partial charge in [0, 0.05) is 55.7 Å². The van der Waals surface area contributed by atoms with Gasteiger partial charge in [-0.2, -0.15) is 0 Å². The number of fused-ring (bicyclic) bond motifs is 1. The van der Waals surface area contributed by atoms with Crippen molar-refractivity contribution in [2.45, 2.75) is 27.2 Å². The van der Waals surface area contributed by atoms with E-state index in [4.69, 9.17) is 9.72 Å². The maximum Gasteiger partial charge on any atom is 0.248 e. The van der Waals surface area contributed by atoms with Gasteiger partial charge in [-0.25, -0.2) is 15.0 Å². The zero-order valence-electron chi connectivity index (χ0n) is 23.4. The van der Waals surface area contributed by atoms with Crippen molar-refractivity contribution in [1.82, 2.24) is 15.0 Å². The van der Waals surface area contributed by atoms with Gasteiger partial charge in [0.25, 0.3) is 0 Å². The van der Waals surface area contributed by atoms with Crippen LogP contribution in [0, 0.1) is 12.8 Å². The minimum Gasteiger partial charge on any atom is -0.494 e.